The molecule has 8 nitrogen and oxygen atoms in total. The van der Waals surface area contributed by atoms with Gasteiger partial charge in [-0.15, -0.1) is 11.3 Å². The molecule has 1 aromatic carbocycles. The van der Waals surface area contributed by atoms with Crippen molar-refractivity contribution in [2.24, 2.45) is 5.92 Å². The van der Waals surface area contributed by atoms with E-state index >= 15 is 0 Å². The number of carbonyl (C=O) groups excluding carboxylic acids is 1. The predicted molar refractivity (Wildman–Crippen MR) is 127 cm³/mol. The fourth-order valence-electron chi connectivity index (χ4n) is 4.41. The lowest BCUT2D eigenvalue weighted by molar-refractivity contribution is 0.0945. The van der Waals surface area contributed by atoms with Crippen LogP contribution in [-0.4, -0.2) is 66.8 Å². The van der Waals surface area contributed by atoms with Gasteiger partial charge in [0.05, 0.1) is 18.7 Å². The maximum Gasteiger partial charge on any atom is 0.280 e. The van der Waals surface area contributed by atoms with Crippen LogP contribution < -0.4 is 15.1 Å². The summed E-state index contributed by atoms with van der Waals surface area (Å²) in [6, 6.07) is 6.32. The Morgan fingerprint density at radius 2 is 2.09 bits per heavy atom. The molecule has 5 rings (SSSR count). The summed E-state index contributed by atoms with van der Waals surface area (Å²) in [4.78, 5) is 30.0. The summed E-state index contributed by atoms with van der Waals surface area (Å²) in [7, 11) is 0. The Morgan fingerprint density at radius 1 is 1.22 bits per heavy atom. The summed E-state index contributed by atoms with van der Waals surface area (Å²) in [5.41, 5.74) is 1.98. The van der Waals surface area contributed by atoms with E-state index in [0.29, 0.717) is 17.5 Å². The van der Waals surface area contributed by atoms with Crippen molar-refractivity contribution in [1.82, 2.24) is 20.3 Å². The van der Waals surface area contributed by atoms with Gasteiger partial charge < -0.3 is 19.9 Å². The molecule has 1 atom stereocenters. The lowest BCUT2D eigenvalue weighted by Gasteiger charge is -2.34. The van der Waals surface area contributed by atoms with Gasteiger partial charge in [0.1, 0.15) is 5.82 Å². The van der Waals surface area contributed by atoms with Gasteiger partial charge in [0.15, 0.2) is 5.01 Å². The number of ether oxygens (including phenoxy) is 1. The van der Waals surface area contributed by atoms with Gasteiger partial charge in [-0.05, 0) is 48.6 Å². The molecule has 168 valence electrons. The molecule has 1 N–H and O–H groups in total. The topological polar surface area (TPSA) is 83.5 Å². The lowest BCUT2D eigenvalue weighted by Crippen LogP contribution is -2.41. The van der Waals surface area contributed by atoms with Crippen LogP contribution in [0.1, 0.15) is 22.6 Å². The number of fused-ring (bicyclic) bond motifs is 1. The van der Waals surface area contributed by atoms with Crippen LogP contribution >= 0.6 is 22.9 Å². The van der Waals surface area contributed by atoms with Gasteiger partial charge in [0.25, 0.3) is 5.91 Å². The van der Waals surface area contributed by atoms with Crippen molar-refractivity contribution < 1.29 is 9.53 Å². The fourth-order valence-corrected chi connectivity index (χ4v) is 5.13. The van der Waals surface area contributed by atoms with E-state index in [1.807, 2.05) is 5.38 Å². The number of nitrogens with one attached hydrogen (secondary N) is 1. The minimum atomic E-state index is -0.108. The highest BCUT2D eigenvalue weighted by atomic mass is 35.5. The Morgan fingerprint density at radius 3 is 2.91 bits per heavy atom. The minimum Gasteiger partial charge on any atom is -0.378 e. The van der Waals surface area contributed by atoms with E-state index in [1.165, 1.54) is 11.3 Å². The van der Waals surface area contributed by atoms with Crippen molar-refractivity contribution >= 4 is 51.3 Å². The average Bonchev–Trinajstić information content (AvgIpc) is 3.37. The van der Waals surface area contributed by atoms with Crippen molar-refractivity contribution in [2.45, 2.75) is 12.8 Å². The number of piperidine rings is 1. The predicted octanol–water partition coefficient (Wildman–Crippen LogP) is 3.22. The molecule has 10 heteroatoms. The molecule has 2 aliphatic rings. The summed E-state index contributed by atoms with van der Waals surface area (Å²) in [6.07, 6.45) is 3.75. The SMILES string of the molecule is O=C(NCC1CCCN(c2nc(Cl)nc3cc(N4CCOCC4)ccc23)C1)c1nccs1. The number of anilines is 2. The van der Waals surface area contributed by atoms with E-state index in [4.69, 9.17) is 16.3 Å². The lowest BCUT2D eigenvalue weighted by atomic mass is 9.97. The molecule has 2 aromatic heterocycles. The van der Waals surface area contributed by atoms with E-state index in [1.54, 1.807) is 6.20 Å². The third-order valence-corrected chi connectivity index (χ3v) is 6.95. The number of thiazole rings is 1. The summed E-state index contributed by atoms with van der Waals surface area (Å²) in [6.45, 7) is 5.56. The van der Waals surface area contributed by atoms with Crippen LogP contribution in [0.3, 0.4) is 0 Å². The molecule has 0 saturated carbocycles. The summed E-state index contributed by atoms with van der Waals surface area (Å²) >= 11 is 7.69. The third-order valence-electron chi connectivity index (χ3n) is 6.01. The first-order valence-corrected chi connectivity index (χ1v) is 12.2. The number of hydrogen-bond acceptors (Lipinski definition) is 8. The highest BCUT2D eigenvalue weighted by Crippen LogP contribution is 2.31. The largest absolute Gasteiger partial charge is 0.378 e. The molecule has 2 aliphatic heterocycles. The van der Waals surface area contributed by atoms with Crippen LogP contribution in [0.4, 0.5) is 11.5 Å². The molecular formula is C22H25ClN6O2S. The Bertz CT molecular complexity index is 1090. The van der Waals surface area contributed by atoms with Gasteiger partial charge in [0, 0.05) is 55.4 Å². The van der Waals surface area contributed by atoms with Gasteiger partial charge in [-0.1, -0.05) is 0 Å². The van der Waals surface area contributed by atoms with Gasteiger partial charge in [-0.3, -0.25) is 4.79 Å². The molecule has 2 fully saturated rings. The van der Waals surface area contributed by atoms with E-state index in [2.05, 4.69) is 48.3 Å². The van der Waals surface area contributed by atoms with Crippen LogP contribution in [0.5, 0.6) is 0 Å². The highest BCUT2D eigenvalue weighted by molar-refractivity contribution is 7.11. The standard InChI is InChI=1S/C22H25ClN6O2S/c23-22-26-18-12-16(28-7-9-31-10-8-28)3-4-17(18)19(27-22)29-6-1-2-15(14-29)13-25-20(30)21-24-5-11-32-21/h3-5,11-12,15H,1-2,6-10,13-14H2,(H,25,30). The molecule has 3 aromatic rings. The number of halogens is 1. The molecule has 4 heterocycles. The van der Waals surface area contributed by atoms with Crippen LogP contribution in [0, 0.1) is 5.92 Å². The number of amides is 1. The number of carbonyl (C=O) groups is 1. The molecule has 0 aliphatic carbocycles. The first kappa shape index (κ1) is 21.4. The molecule has 32 heavy (non-hydrogen) atoms. The van der Waals surface area contributed by atoms with Crippen molar-refractivity contribution in [1.29, 1.82) is 0 Å². The van der Waals surface area contributed by atoms with E-state index in [0.717, 1.165) is 74.6 Å². The first-order valence-electron chi connectivity index (χ1n) is 10.9. The summed E-state index contributed by atoms with van der Waals surface area (Å²) < 4.78 is 5.47. The van der Waals surface area contributed by atoms with Crippen molar-refractivity contribution in [3.05, 3.63) is 40.1 Å². The number of aromatic nitrogens is 3. The van der Waals surface area contributed by atoms with Crippen LogP contribution in [0.2, 0.25) is 5.28 Å². The molecule has 1 unspecified atom stereocenters. The van der Waals surface area contributed by atoms with Crippen molar-refractivity contribution in [2.75, 3.05) is 55.7 Å². The van der Waals surface area contributed by atoms with E-state index in [9.17, 15) is 4.79 Å². The normalized spacial score (nSPS) is 19.3. The Hall–Kier alpha value is -2.49. The molecule has 0 bridgehead atoms. The van der Waals surface area contributed by atoms with E-state index < -0.39 is 0 Å². The number of morpholine rings is 1. The molecule has 0 spiro atoms. The van der Waals surface area contributed by atoms with Crippen molar-refractivity contribution in [3.63, 3.8) is 0 Å². The van der Waals surface area contributed by atoms with Crippen LogP contribution in [-0.2, 0) is 4.74 Å². The zero-order valence-corrected chi connectivity index (χ0v) is 19.2. The number of rotatable bonds is 5. The smallest absolute Gasteiger partial charge is 0.280 e. The molecule has 1 amide bonds. The monoisotopic (exact) mass is 472 g/mol. The highest BCUT2D eigenvalue weighted by Gasteiger charge is 2.24. The number of hydrogen-bond donors (Lipinski definition) is 1. The van der Waals surface area contributed by atoms with Crippen LogP contribution in [0.25, 0.3) is 10.9 Å². The maximum absolute atomic E-state index is 12.3. The zero-order chi connectivity index (χ0) is 21.9. The first-order chi connectivity index (χ1) is 15.7. The zero-order valence-electron chi connectivity index (χ0n) is 17.7. The fraction of sp³-hybridized carbons (Fsp3) is 0.455. The van der Waals surface area contributed by atoms with Gasteiger partial charge in [0.2, 0.25) is 5.28 Å². The molecule has 0 radical (unpaired) electrons. The van der Waals surface area contributed by atoms with Crippen molar-refractivity contribution in [3.8, 4) is 0 Å². The Labute approximate surface area is 195 Å². The second kappa shape index (κ2) is 9.56. The van der Waals surface area contributed by atoms with Crippen LogP contribution in [0.15, 0.2) is 29.8 Å². The molecular weight excluding hydrogens is 448 g/mol. The Balaban J connectivity index is 1.33. The second-order valence-electron chi connectivity index (χ2n) is 8.12. The second-order valence-corrected chi connectivity index (χ2v) is 9.35. The average molecular weight is 473 g/mol. The van der Waals surface area contributed by atoms with Gasteiger partial charge in [-0.25, -0.2) is 9.97 Å². The van der Waals surface area contributed by atoms with Gasteiger partial charge >= 0.3 is 0 Å². The summed E-state index contributed by atoms with van der Waals surface area (Å²) in [5, 5.41) is 6.59. The quantitative estimate of drug-likeness (QED) is 0.571. The van der Waals surface area contributed by atoms with Gasteiger partial charge in [-0.2, -0.15) is 4.98 Å². The number of nitrogens with zero attached hydrogens (tertiary/aromatic N) is 5. The summed E-state index contributed by atoms with van der Waals surface area (Å²) in [5.74, 6) is 1.09. The van der Waals surface area contributed by atoms with E-state index in [-0.39, 0.29) is 11.2 Å². The minimum absolute atomic E-state index is 0.108. The number of benzene rings is 1. The third kappa shape index (κ3) is 4.65. The Kier molecular flexibility index (Phi) is 6.38. The maximum atomic E-state index is 12.3. The molecule has 2 saturated heterocycles.